The van der Waals surface area contributed by atoms with Crippen molar-refractivity contribution in [2.24, 2.45) is 0 Å². The van der Waals surface area contributed by atoms with E-state index in [2.05, 4.69) is 15.5 Å². The van der Waals surface area contributed by atoms with Gasteiger partial charge in [-0.25, -0.2) is 13.6 Å². The van der Waals surface area contributed by atoms with Gasteiger partial charge in [-0.05, 0) is 24.3 Å². The number of rotatable bonds is 3. The van der Waals surface area contributed by atoms with Gasteiger partial charge in [-0.1, -0.05) is 12.1 Å². The number of hydrogen-bond donors (Lipinski definition) is 2. The number of hydrogen-bond acceptors (Lipinski definition) is 4. The van der Waals surface area contributed by atoms with Crippen molar-refractivity contribution in [2.45, 2.75) is 12.5 Å². The molecule has 8 heteroatoms. The van der Waals surface area contributed by atoms with E-state index in [0.29, 0.717) is 17.5 Å². The zero-order chi connectivity index (χ0) is 18.3. The molecule has 26 heavy (non-hydrogen) atoms. The van der Waals surface area contributed by atoms with Crippen LogP contribution in [0.5, 0.6) is 0 Å². The van der Waals surface area contributed by atoms with E-state index in [1.165, 1.54) is 30.3 Å². The number of amides is 1. The van der Waals surface area contributed by atoms with Gasteiger partial charge in [0, 0.05) is 12.0 Å². The molecule has 0 radical (unpaired) electrons. The largest absolute Gasteiger partial charge is 0.464 e. The Morgan fingerprint density at radius 3 is 2.85 bits per heavy atom. The minimum absolute atomic E-state index is 0.0808. The lowest BCUT2D eigenvalue weighted by Crippen LogP contribution is -2.38. The molecule has 4 rings (SSSR count). The van der Waals surface area contributed by atoms with Gasteiger partial charge in [0.25, 0.3) is 5.91 Å². The van der Waals surface area contributed by atoms with E-state index < -0.39 is 29.6 Å². The summed E-state index contributed by atoms with van der Waals surface area (Å²) >= 11 is 0. The Labute approximate surface area is 146 Å². The molecule has 0 spiro atoms. The smallest absolute Gasteiger partial charge is 0.328 e. The van der Waals surface area contributed by atoms with Gasteiger partial charge in [0.15, 0.2) is 0 Å². The molecule has 1 unspecified atom stereocenters. The number of esters is 1. The SMILES string of the molecule is O=C(NC1CCOC1=O)c1ccc2[nH]nc(-c3cccc(F)c3)c2c1F. The van der Waals surface area contributed by atoms with Crippen molar-refractivity contribution in [3.05, 3.63) is 53.6 Å². The van der Waals surface area contributed by atoms with Gasteiger partial charge in [0.1, 0.15) is 23.4 Å². The zero-order valence-electron chi connectivity index (χ0n) is 13.4. The van der Waals surface area contributed by atoms with Crippen LogP contribution in [0.3, 0.4) is 0 Å². The van der Waals surface area contributed by atoms with Crippen LogP contribution in [0.1, 0.15) is 16.8 Å². The van der Waals surface area contributed by atoms with Crippen LogP contribution in [-0.4, -0.2) is 34.7 Å². The second kappa shape index (κ2) is 6.21. The van der Waals surface area contributed by atoms with E-state index in [1.54, 1.807) is 6.07 Å². The summed E-state index contributed by atoms with van der Waals surface area (Å²) in [4.78, 5) is 23.9. The lowest BCUT2D eigenvalue weighted by Gasteiger charge is -2.10. The standard InChI is InChI=1S/C18H13F2N3O3/c19-10-3-1-2-9(8-10)16-14-12(22-23-16)5-4-11(15(14)20)17(24)21-13-6-7-26-18(13)25/h1-5,8,13H,6-7H2,(H,21,24)(H,22,23). The van der Waals surface area contributed by atoms with Crippen LogP contribution in [0.15, 0.2) is 36.4 Å². The predicted molar refractivity (Wildman–Crippen MR) is 88.3 cm³/mol. The average Bonchev–Trinajstić information content (AvgIpc) is 3.22. The minimum atomic E-state index is -0.792. The van der Waals surface area contributed by atoms with Crippen molar-refractivity contribution in [1.29, 1.82) is 0 Å². The molecule has 1 amide bonds. The molecule has 1 fully saturated rings. The molecule has 0 saturated carbocycles. The maximum atomic E-state index is 15.0. The van der Waals surface area contributed by atoms with Crippen molar-refractivity contribution in [3.63, 3.8) is 0 Å². The molecule has 1 saturated heterocycles. The fourth-order valence-corrected chi connectivity index (χ4v) is 2.96. The maximum Gasteiger partial charge on any atom is 0.328 e. The normalized spacial score (nSPS) is 16.7. The van der Waals surface area contributed by atoms with Gasteiger partial charge >= 0.3 is 5.97 Å². The highest BCUT2D eigenvalue weighted by molar-refractivity contribution is 6.03. The van der Waals surface area contributed by atoms with Gasteiger partial charge in [-0.15, -0.1) is 0 Å². The Kier molecular flexibility index (Phi) is 3.87. The molecule has 0 bridgehead atoms. The third-order valence-corrected chi connectivity index (χ3v) is 4.25. The van der Waals surface area contributed by atoms with E-state index in [9.17, 15) is 14.0 Å². The summed E-state index contributed by atoms with van der Waals surface area (Å²) in [5.74, 6) is -2.53. The molecule has 1 aliphatic rings. The van der Waals surface area contributed by atoms with E-state index in [-0.39, 0.29) is 23.3 Å². The number of halogens is 2. The number of aromatic nitrogens is 2. The number of fused-ring (bicyclic) bond motifs is 1. The van der Waals surface area contributed by atoms with Gasteiger partial charge in [-0.2, -0.15) is 5.10 Å². The van der Waals surface area contributed by atoms with E-state index >= 15 is 4.39 Å². The van der Waals surface area contributed by atoms with Crippen LogP contribution in [0.25, 0.3) is 22.2 Å². The molecule has 6 nitrogen and oxygen atoms in total. The lowest BCUT2D eigenvalue weighted by molar-refractivity contribution is -0.139. The fourth-order valence-electron chi connectivity index (χ4n) is 2.96. The molecule has 1 atom stereocenters. The van der Waals surface area contributed by atoms with Gasteiger partial charge < -0.3 is 10.1 Å². The Morgan fingerprint density at radius 1 is 1.27 bits per heavy atom. The Hall–Kier alpha value is -3.29. The first-order chi connectivity index (χ1) is 12.5. The second-order valence-electron chi connectivity index (χ2n) is 5.91. The second-order valence-corrected chi connectivity index (χ2v) is 5.91. The highest BCUT2D eigenvalue weighted by Gasteiger charge is 2.29. The molecule has 0 aliphatic carbocycles. The van der Waals surface area contributed by atoms with E-state index in [4.69, 9.17) is 4.74 Å². The first-order valence-electron chi connectivity index (χ1n) is 7.94. The molecule has 3 aromatic rings. The summed E-state index contributed by atoms with van der Waals surface area (Å²) in [5.41, 5.74) is 0.730. The van der Waals surface area contributed by atoms with E-state index in [1.807, 2.05) is 0 Å². The number of benzene rings is 2. The van der Waals surface area contributed by atoms with Crippen molar-refractivity contribution in [1.82, 2.24) is 15.5 Å². The molecular weight excluding hydrogens is 344 g/mol. The highest BCUT2D eigenvalue weighted by Crippen LogP contribution is 2.30. The first kappa shape index (κ1) is 16.2. The van der Waals surface area contributed by atoms with Crippen LogP contribution in [0.4, 0.5) is 8.78 Å². The molecule has 1 aliphatic heterocycles. The quantitative estimate of drug-likeness (QED) is 0.706. The predicted octanol–water partition coefficient (Wildman–Crippen LogP) is 2.55. The summed E-state index contributed by atoms with van der Waals surface area (Å²) in [6.45, 7) is 0.219. The summed E-state index contributed by atoms with van der Waals surface area (Å²) in [5, 5.41) is 9.27. The van der Waals surface area contributed by atoms with Gasteiger partial charge in [0.05, 0.1) is 23.1 Å². The fraction of sp³-hybridized carbons (Fsp3) is 0.167. The molecule has 1 aromatic heterocycles. The Morgan fingerprint density at radius 2 is 2.12 bits per heavy atom. The third kappa shape index (κ3) is 2.69. The molecule has 2 aromatic carbocycles. The number of aromatic amines is 1. The first-order valence-corrected chi connectivity index (χ1v) is 7.94. The number of carbonyl (C=O) groups excluding carboxylic acids is 2. The number of nitrogens with zero attached hydrogens (tertiary/aromatic N) is 1. The Balaban J connectivity index is 1.75. The van der Waals surface area contributed by atoms with Gasteiger partial charge in [0.2, 0.25) is 0 Å². The lowest BCUT2D eigenvalue weighted by atomic mass is 10.0. The number of ether oxygens (including phenoxy) is 1. The third-order valence-electron chi connectivity index (χ3n) is 4.25. The van der Waals surface area contributed by atoms with Crippen LogP contribution >= 0.6 is 0 Å². The Bertz CT molecular complexity index is 1030. The van der Waals surface area contributed by atoms with Crippen LogP contribution in [-0.2, 0) is 9.53 Å². The number of carbonyl (C=O) groups is 2. The molecule has 2 N–H and O–H groups in total. The van der Waals surface area contributed by atoms with Crippen molar-refractivity contribution < 1.29 is 23.1 Å². The molecule has 2 heterocycles. The number of nitrogens with one attached hydrogen (secondary N) is 2. The zero-order valence-corrected chi connectivity index (χ0v) is 13.4. The van der Waals surface area contributed by atoms with Crippen LogP contribution in [0, 0.1) is 11.6 Å². The monoisotopic (exact) mass is 357 g/mol. The minimum Gasteiger partial charge on any atom is -0.464 e. The van der Waals surface area contributed by atoms with Crippen molar-refractivity contribution in [2.75, 3.05) is 6.61 Å². The van der Waals surface area contributed by atoms with Gasteiger partial charge in [-0.3, -0.25) is 9.89 Å². The highest BCUT2D eigenvalue weighted by atomic mass is 19.1. The summed E-state index contributed by atoms with van der Waals surface area (Å²) in [6.07, 6.45) is 0.342. The number of cyclic esters (lactones) is 1. The van der Waals surface area contributed by atoms with Crippen molar-refractivity contribution >= 4 is 22.8 Å². The average molecular weight is 357 g/mol. The van der Waals surface area contributed by atoms with Crippen molar-refractivity contribution in [3.8, 4) is 11.3 Å². The topological polar surface area (TPSA) is 84.1 Å². The van der Waals surface area contributed by atoms with Crippen LogP contribution in [0.2, 0.25) is 0 Å². The molecular formula is C18H13F2N3O3. The van der Waals surface area contributed by atoms with E-state index in [0.717, 1.165) is 0 Å². The summed E-state index contributed by atoms with van der Waals surface area (Å²) < 4.78 is 33.3. The molecule has 132 valence electrons. The van der Waals surface area contributed by atoms with Crippen LogP contribution < -0.4 is 5.32 Å². The summed E-state index contributed by atoms with van der Waals surface area (Å²) in [7, 11) is 0. The number of H-pyrrole nitrogens is 1. The maximum absolute atomic E-state index is 15.0. The summed E-state index contributed by atoms with van der Waals surface area (Å²) in [6, 6.07) is 7.62.